The fraction of sp³-hybridized carbons (Fsp3) is 0.438. The van der Waals surface area contributed by atoms with Crippen LogP contribution in [0.25, 0.3) is 0 Å². The van der Waals surface area contributed by atoms with Gasteiger partial charge < -0.3 is 20.9 Å². The zero-order valence-electron chi connectivity index (χ0n) is 13.6. The van der Waals surface area contributed by atoms with Crippen molar-refractivity contribution in [3.63, 3.8) is 0 Å². The lowest BCUT2D eigenvalue weighted by Gasteiger charge is -2.30. The highest BCUT2D eigenvalue weighted by atomic mass is 16.2. The van der Waals surface area contributed by atoms with E-state index in [1.165, 1.54) is 4.90 Å². The van der Waals surface area contributed by atoms with Crippen LogP contribution in [0.1, 0.15) is 20.3 Å². The van der Waals surface area contributed by atoms with E-state index < -0.39 is 6.04 Å². The van der Waals surface area contributed by atoms with E-state index in [2.05, 4.69) is 5.32 Å². The summed E-state index contributed by atoms with van der Waals surface area (Å²) in [6.45, 7) is 3.30. The third-order valence-corrected chi connectivity index (χ3v) is 3.77. The summed E-state index contributed by atoms with van der Waals surface area (Å²) in [4.78, 5) is 39.4. The number of likely N-dealkylation sites (N-methyl/N-ethyl adjacent to an activating group) is 1. The molecule has 2 unspecified atom stereocenters. The molecule has 2 atom stereocenters. The molecule has 0 aromatic heterocycles. The van der Waals surface area contributed by atoms with E-state index in [0.717, 1.165) is 0 Å². The SMILES string of the molecule is CC(N)C(=O)N(C)CC(=O)N1c2ccccc2NC(=O)CC1C. The highest BCUT2D eigenvalue weighted by Gasteiger charge is 2.30. The van der Waals surface area contributed by atoms with E-state index in [-0.39, 0.29) is 36.7 Å². The highest BCUT2D eigenvalue weighted by molar-refractivity contribution is 6.05. The molecule has 23 heavy (non-hydrogen) atoms. The second-order valence-corrected chi connectivity index (χ2v) is 5.87. The fourth-order valence-corrected chi connectivity index (χ4v) is 2.67. The van der Waals surface area contributed by atoms with Crippen molar-refractivity contribution in [3.8, 4) is 0 Å². The Balaban J connectivity index is 2.27. The van der Waals surface area contributed by atoms with Gasteiger partial charge in [0.2, 0.25) is 17.7 Å². The molecule has 0 bridgehead atoms. The first-order valence-corrected chi connectivity index (χ1v) is 7.52. The maximum absolute atomic E-state index is 12.7. The molecule has 1 aromatic carbocycles. The Morgan fingerprint density at radius 3 is 2.74 bits per heavy atom. The van der Waals surface area contributed by atoms with Crippen LogP contribution in [0.2, 0.25) is 0 Å². The van der Waals surface area contributed by atoms with Gasteiger partial charge in [0.25, 0.3) is 0 Å². The minimum Gasteiger partial charge on any atom is -0.335 e. The summed E-state index contributed by atoms with van der Waals surface area (Å²) >= 11 is 0. The number of anilines is 2. The molecular weight excluding hydrogens is 296 g/mol. The van der Waals surface area contributed by atoms with Crippen molar-refractivity contribution in [3.05, 3.63) is 24.3 Å². The zero-order chi connectivity index (χ0) is 17.1. The van der Waals surface area contributed by atoms with Crippen molar-refractivity contribution in [1.29, 1.82) is 0 Å². The normalized spacial score (nSPS) is 18.5. The standard InChI is InChI=1S/C16H22N4O3/c1-10-8-14(21)18-12-6-4-5-7-13(12)20(10)15(22)9-19(3)16(23)11(2)17/h4-7,10-11H,8-9,17H2,1-3H3,(H,18,21). The molecule has 1 heterocycles. The summed E-state index contributed by atoms with van der Waals surface area (Å²) in [5.74, 6) is -0.693. The van der Waals surface area contributed by atoms with Crippen LogP contribution < -0.4 is 16.0 Å². The molecule has 1 aliphatic rings. The molecule has 0 saturated heterocycles. The van der Waals surface area contributed by atoms with Gasteiger partial charge in [-0.15, -0.1) is 0 Å². The molecule has 124 valence electrons. The van der Waals surface area contributed by atoms with Crippen LogP contribution in [0.5, 0.6) is 0 Å². The van der Waals surface area contributed by atoms with E-state index in [1.807, 2.05) is 6.92 Å². The van der Waals surface area contributed by atoms with Gasteiger partial charge in [-0.2, -0.15) is 0 Å². The lowest BCUT2D eigenvalue weighted by Crippen LogP contribution is -2.48. The molecule has 0 fully saturated rings. The van der Waals surface area contributed by atoms with E-state index >= 15 is 0 Å². The first kappa shape index (κ1) is 17.0. The number of rotatable bonds is 3. The maximum atomic E-state index is 12.7. The summed E-state index contributed by atoms with van der Waals surface area (Å²) in [6.07, 6.45) is 0.200. The summed E-state index contributed by atoms with van der Waals surface area (Å²) in [5.41, 5.74) is 6.80. The molecule has 3 amide bonds. The molecule has 7 heteroatoms. The van der Waals surface area contributed by atoms with Crippen LogP contribution in [0.15, 0.2) is 24.3 Å². The van der Waals surface area contributed by atoms with Gasteiger partial charge in [0.15, 0.2) is 0 Å². The van der Waals surface area contributed by atoms with Gasteiger partial charge in [-0.05, 0) is 26.0 Å². The van der Waals surface area contributed by atoms with Crippen molar-refractivity contribution in [1.82, 2.24) is 4.90 Å². The molecule has 7 nitrogen and oxygen atoms in total. The van der Waals surface area contributed by atoms with Gasteiger partial charge in [-0.3, -0.25) is 14.4 Å². The number of hydrogen-bond acceptors (Lipinski definition) is 4. The van der Waals surface area contributed by atoms with Crippen molar-refractivity contribution in [2.24, 2.45) is 5.73 Å². The largest absolute Gasteiger partial charge is 0.335 e. The van der Waals surface area contributed by atoms with Crippen LogP contribution in [0.4, 0.5) is 11.4 Å². The second kappa shape index (κ2) is 6.78. The van der Waals surface area contributed by atoms with Crippen LogP contribution in [-0.2, 0) is 14.4 Å². The van der Waals surface area contributed by atoms with Gasteiger partial charge in [-0.1, -0.05) is 12.1 Å². The number of carbonyl (C=O) groups excluding carboxylic acids is 3. The van der Waals surface area contributed by atoms with Gasteiger partial charge in [-0.25, -0.2) is 0 Å². The topological polar surface area (TPSA) is 95.7 Å². The number of nitrogens with zero attached hydrogens (tertiary/aromatic N) is 2. The average Bonchev–Trinajstić information content (AvgIpc) is 2.60. The lowest BCUT2D eigenvalue weighted by atomic mass is 10.1. The molecule has 3 N–H and O–H groups in total. The molecule has 0 radical (unpaired) electrons. The quantitative estimate of drug-likeness (QED) is 0.851. The first-order valence-electron chi connectivity index (χ1n) is 7.52. The van der Waals surface area contributed by atoms with E-state index in [1.54, 1.807) is 43.1 Å². The predicted octanol–water partition coefficient (Wildman–Crippen LogP) is 0.556. The van der Waals surface area contributed by atoms with E-state index in [0.29, 0.717) is 11.4 Å². The Kier molecular flexibility index (Phi) is 5.00. The molecular formula is C16H22N4O3. The summed E-state index contributed by atoms with van der Waals surface area (Å²) in [5, 5.41) is 2.80. The number of nitrogens with one attached hydrogen (secondary N) is 1. The number of hydrogen-bond donors (Lipinski definition) is 2. The summed E-state index contributed by atoms with van der Waals surface area (Å²) < 4.78 is 0. The fourth-order valence-electron chi connectivity index (χ4n) is 2.67. The Bertz CT molecular complexity index is 630. The number of fused-ring (bicyclic) bond motifs is 1. The van der Waals surface area contributed by atoms with Crippen molar-refractivity contribution in [2.75, 3.05) is 23.8 Å². The minimum atomic E-state index is -0.662. The van der Waals surface area contributed by atoms with Crippen LogP contribution in [-0.4, -0.2) is 48.3 Å². The van der Waals surface area contributed by atoms with Gasteiger partial charge >= 0.3 is 0 Å². The van der Waals surface area contributed by atoms with Crippen LogP contribution in [0, 0.1) is 0 Å². The third kappa shape index (κ3) is 3.68. The highest BCUT2D eigenvalue weighted by Crippen LogP contribution is 2.31. The van der Waals surface area contributed by atoms with E-state index in [9.17, 15) is 14.4 Å². The monoisotopic (exact) mass is 318 g/mol. The molecule has 0 aliphatic carbocycles. The van der Waals surface area contributed by atoms with Gasteiger partial charge in [0, 0.05) is 19.5 Å². The Hall–Kier alpha value is -2.41. The predicted molar refractivity (Wildman–Crippen MR) is 87.9 cm³/mol. The van der Waals surface area contributed by atoms with Crippen molar-refractivity contribution >= 4 is 29.1 Å². The average molecular weight is 318 g/mol. The molecule has 0 saturated carbocycles. The van der Waals surface area contributed by atoms with E-state index in [4.69, 9.17) is 5.73 Å². The molecule has 1 aromatic rings. The molecule has 0 spiro atoms. The number of amides is 3. The zero-order valence-corrected chi connectivity index (χ0v) is 13.6. The smallest absolute Gasteiger partial charge is 0.246 e. The van der Waals surface area contributed by atoms with Gasteiger partial charge in [0.1, 0.15) is 0 Å². The Morgan fingerprint density at radius 2 is 2.09 bits per heavy atom. The number of para-hydroxylation sites is 2. The van der Waals surface area contributed by atoms with Crippen LogP contribution in [0.3, 0.4) is 0 Å². The van der Waals surface area contributed by atoms with Crippen LogP contribution >= 0.6 is 0 Å². The Morgan fingerprint density at radius 1 is 1.43 bits per heavy atom. The summed E-state index contributed by atoms with van der Waals surface area (Å²) in [7, 11) is 1.54. The molecule has 2 rings (SSSR count). The number of benzene rings is 1. The summed E-state index contributed by atoms with van der Waals surface area (Å²) in [6, 6.07) is 6.17. The minimum absolute atomic E-state index is 0.0900. The van der Waals surface area contributed by atoms with Gasteiger partial charge in [0.05, 0.1) is 24.0 Å². The maximum Gasteiger partial charge on any atom is 0.246 e. The van der Waals surface area contributed by atoms with Crippen molar-refractivity contribution in [2.45, 2.75) is 32.4 Å². The lowest BCUT2D eigenvalue weighted by molar-refractivity contribution is -0.134. The Labute approximate surface area is 135 Å². The molecule has 1 aliphatic heterocycles. The number of nitrogens with two attached hydrogens (primary N) is 1. The third-order valence-electron chi connectivity index (χ3n) is 3.77. The number of carbonyl (C=O) groups is 3. The second-order valence-electron chi connectivity index (χ2n) is 5.87. The first-order chi connectivity index (χ1) is 10.8. The van der Waals surface area contributed by atoms with Crippen molar-refractivity contribution < 1.29 is 14.4 Å².